The third-order valence-electron chi connectivity index (χ3n) is 12.0. The summed E-state index contributed by atoms with van der Waals surface area (Å²) in [6, 6.07) is 43.9. The minimum absolute atomic E-state index is 0.124. The maximum absolute atomic E-state index is 10.9. The Hall–Kier alpha value is -7.18. The summed E-state index contributed by atoms with van der Waals surface area (Å²) in [6.07, 6.45) is 0. The van der Waals surface area contributed by atoms with Crippen LogP contribution in [-0.4, -0.2) is 25.5 Å². The second-order valence-corrected chi connectivity index (χ2v) is 15.1. The Morgan fingerprint density at radius 1 is 0.382 bits per heavy atom. The monoisotopic (exact) mass is 716 g/mol. The van der Waals surface area contributed by atoms with E-state index in [0.717, 1.165) is 71.1 Å². The Balaban J connectivity index is 1.16. The third kappa shape index (κ3) is 3.98. The maximum Gasteiger partial charge on any atom is 0.208 e. The van der Waals surface area contributed by atoms with Crippen LogP contribution in [0.1, 0.15) is 25.0 Å². The Labute approximate surface area is 314 Å². The Morgan fingerprint density at radius 3 is 1.67 bits per heavy atom. The number of aromatic hydroxyl groups is 5. The van der Waals surface area contributed by atoms with Gasteiger partial charge in [0.25, 0.3) is 0 Å². The Bertz CT molecular complexity index is 3270. The van der Waals surface area contributed by atoms with Gasteiger partial charge in [-0.1, -0.05) is 135 Å². The molecule has 9 aromatic carbocycles. The average Bonchev–Trinajstić information content (AvgIpc) is 3.71. The van der Waals surface area contributed by atoms with Crippen LogP contribution in [0, 0.1) is 0 Å². The first-order valence-corrected chi connectivity index (χ1v) is 18.2. The molecule has 1 aliphatic rings. The predicted molar refractivity (Wildman–Crippen MR) is 220 cm³/mol. The molecule has 55 heavy (non-hydrogen) atoms. The number of hydrogen-bond acceptors (Lipinski definition) is 6. The molecule has 0 saturated heterocycles. The van der Waals surface area contributed by atoms with Crippen molar-refractivity contribution < 1.29 is 29.9 Å². The molecule has 6 heteroatoms. The summed E-state index contributed by atoms with van der Waals surface area (Å²) in [6.45, 7) is 4.59. The fourth-order valence-electron chi connectivity index (χ4n) is 9.46. The normalized spacial score (nSPS) is 13.4. The molecule has 1 aromatic heterocycles. The van der Waals surface area contributed by atoms with Crippen LogP contribution < -0.4 is 0 Å². The molecule has 10 aromatic rings. The molecule has 0 unspecified atom stereocenters. The zero-order chi connectivity index (χ0) is 37.5. The van der Waals surface area contributed by atoms with Crippen LogP contribution in [-0.2, 0) is 5.41 Å². The highest BCUT2D eigenvalue weighted by Gasteiger charge is 2.37. The number of fused-ring (bicyclic) bond motifs is 6. The van der Waals surface area contributed by atoms with Crippen LogP contribution in [0.4, 0.5) is 0 Å². The number of benzene rings is 9. The second kappa shape index (κ2) is 10.7. The van der Waals surface area contributed by atoms with E-state index in [9.17, 15) is 25.5 Å². The van der Waals surface area contributed by atoms with Crippen molar-refractivity contribution in [2.75, 3.05) is 0 Å². The number of phenolic OH excluding ortho intramolecular Hbond substituents is 5. The van der Waals surface area contributed by atoms with Crippen LogP contribution in [0.25, 0.3) is 98.8 Å². The van der Waals surface area contributed by atoms with Crippen molar-refractivity contribution in [3.05, 3.63) is 139 Å². The standard InChI is InChI=1S/C49H32O6/c1-49(2)35-13-4-3-8-33(35)40-28(9-6-14-36(40)49)32-11-5-12-34-41-27(10-7-15-37(41)55-48(32)34)26-20-16-24-18-22-30-31(23-19-25-17-21-29(26)38(24)39(25)30)42-43(50)45(52)47(54)46(53)44(42)51/h3-23,50-54H,1-2H3. The molecular weight excluding hydrogens is 685 g/mol. The molecule has 11 rings (SSSR count). The van der Waals surface area contributed by atoms with E-state index in [-0.39, 0.29) is 11.0 Å². The van der Waals surface area contributed by atoms with Crippen molar-refractivity contribution in [1.82, 2.24) is 0 Å². The summed E-state index contributed by atoms with van der Waals surface area (Å²) >= 11 is 0. The van der Waals surface area contributed by atoms with Crippen LogP contribution in [0.5, 0.6) is 28.7 Å². The van der Waals surface area contributed by atoms with Gasteiger partial charge < -0.3 is 29.9 Å². The van der Waals surface area contributed by atoms with Crippen LogP contribution in [0.15, 0.2) is 132 Å². The van der Waals surface area contributed by atoms with Gasteiger partial charge in [0.05, 0.1) is 5.56 Å². The molecule has 1 aliphatic carbocycles. The summed E-state index contributed by atoms with van der Waals surface area (Å²) in [4.78, 5) is 0. The van der Waals surface area contributed by atoms with E-state index in [0.29, 0.717) is 10.9 Å². The fourth-order valence-corrected chi connectivity index (χ4v) is 9.46. The predicted octanol–water partition coefficient (Wildman–Crippen LogP) is 12.3. The lowest BCUT2D eigenvalue weighted by Gasteiger charge is -2.21. The summed E-state index contributed by atoms with van der Waals surface area (Å²) in [5, 5.41) is 60.3. The van der Waals surface area contributed by atoms with Crippen molar-refractivity contribution in [1.29, 1.82) is 0 Å². The lowest BCUT2D eigenvalue weighted by atomic mass is 9.82. The van der Waals surface area contributed by atoms with E-state index in [4.69, 9.17) is 4.42 Å². The molecule has 0 bridgehead atoms. The van der Waals surface area contributed by atoms with Gasteiger partial charge in [-0.2, -0.15) is 0 Å². The van der Waals surface area contributed by atoms with Crippen molar-refractivity contribution in [2.45, 2.75) is 19.3 Å². The number of hydrogen-bond donors (Lipinski definition) is 5. The van der Waals surface area contributed by atoms with Crippen molar-refractivity contribution in [3.8, 4) is 73.3 Å². The summed E-state index contributed by atoms with van der Waals surface area (Å²) in [5.41, 5.74) is 11.1. The summed E-state index contributed by atoms with van der Waals surface area (Å²) in [5.74, 6) is -4.26. The van der Waals surface area contributed by atoms with Gasteiger partial charge in [0.15, 0.2) is 11.5 Å². The zero-order valence-corrected chi connectivity index (χ0v) is 29.8. The molecule has 0 radical (unpaired) electrons. The second-order valence-electron chi connectivity index (χ2n) is 15.1. The maximum atomic E-state index is 10.9. The largest absolute Gasteiger partial charge is 0.504 e. The number of furan rings is 1. The van der Waals surface area contributed by atoms with Gasteiger partial charge in [-0.15, -0.1) is 0 Å². The van der Waals surface area contributed by atoms with E-state index in [1.807, 2.05) is 30.3 Å². The average molecular weight is 717 g/mol. The minimum Gasteiger partial charge on any atom is -0.504 e. The Kier molecular flexibility index (Phi) is 6.10. The molecular formula is C49H32O6. The fraction of sp³-hybridized carbons (Fsp3) is 0.0612. The van der Waals surface area contributed by atoms with Gasteiger partial charge in [0, 0.05) is 21.8 Å². The van der Waals surface area contributed by atoms with Crippen LogP contribution in [0.3, 0.4) is 0 Å². The SMILES string of the molecule is CC1(C)c2ccccc2-c2c(-c3cccc4c3oc3cccc(-c5ccc6ccc7c(-c8c(O)c(O)c(O)c(O)c8O)ccc8ccc5c6c87)c34)cccc21. The minimum atomic E-state index is -0.990. The third-order valence-corrected chi connectivity index (χ3v) is 12.0. The van der Waals surface area contributed by atoms with E-state index in [1.165, 1.54) is 22.3 Å². The summed E-state index contributed by atoms with van der Waals surface area (Å²) in [7, 11) is 0. The van der Waals surface area contributed by atoms with Crippen LogP contribution >= 0.6 is 0 Å². The van der Waals surface area contributed by atoms with Crippen molar-refractivity contribution in [3.63, 3.8) is 0 Å². The van der Waals surface area contributed by atoms with E-state index in [2.05, 4.69) is 105 Å². The van der Waals surface area contributed by atoms with Gasteiger partial charge in [-0.05, 0) is 82.9 Å². The molecule has 264 valence electrons. The van der Waals surface area contributed by atoms with E-state index < -0.39 is 28.7 Å². The zero-order valence-electron chi connectivity index (χ0n) is 29.8. The Morgan fingerprint density at radius 2 is 0.927 bits per heavy atom. The molecule has 1 heterocycles. The molecule has 0 saturated carbocycles. The molecule has 0 atom stereocenters. The lowest BCUT2D eigenvalue weighted by Crippen LogP contribution is -2.14. The van der Waals surface area contributed by atoms with E-state index >= 15 is 0 Å². The first-order valence-electron chi connectivity index (χ1n) is 18.2. The van der Waals surface area contributed by atoms with Crippen LogP contribution in [0.2, 0.25) is 0 Å². The molecule has 5 N–H and O–H groups in total. The molecule has 0 aliphatic heterocycles. The first kappa shape index (κ1) is 31.4. The lowest BCUT2D eigenvalue weighted by molar-refractivity contribution is 0.330. The quantitative estimate of drug-likeness (QED) is 0.0706. The summed E-state index contributed by atoms with van der Waals surface area (Å²) < 4.78 is 6.83. The molecule has 6 nitrogen and oxygen atoms in total. The van der Waals surface area contributed by atoms with Gasteiger partial charge in [0.2, 0.25) is 17.2 Å². The molecule has 0 spiro atoms. The van der Waals surface area contributed by atoms with Gasteiger partial charge in [-0.3, -0.25) is 0 Å². The molecule has 0 fully saturated rings. The van der Waals surface area contributed by atoms with Crippen molar-refractivity contribution in [2.24, 2.45) is 0 Å². The van der Waals surface area contributed by atoms with Crippen molar-refractivity contribution >= 4 is 54.3 Å². The van der Waals surface area contributed by atoms with Gasteiger partial charge in [0.1, 0.15) is 11.2 Å². The topological polar surface area (TPSA) is 114 Å². The number of phenols is 5. The smallest absolute Gasteiger partial charge is 0.208 e. The van der Waals surface area contributed by atoms with Gasteiger partial charge in [-0.25, -0.2) is 0 Å². The number of rotatable bonds is 3. The van der Waals surface area contributed by atoms with Gasteiger partial charge >= 0.3 is 0 Å². The number of para-hydroxylation sites is 1. The van der Waals surface area contributed by atoms with E-state index in [1.54, 1.807) is 6.07 Å². The molecule has 0 amide bonds. The highest BCUT2D eigenvalue weighted by Crippen LogP contribution is 2.57. The highest BCUT2D eigenvalue weighted by molar-refractivity contribution is 6.29. The first-order chi connectivity index (χ1) is 26.6. The highest BCUT2D eigenvalue weighted by atomic mass is 16.4.